The van der Waals surface area contributed by atoms with Crippen molar-refractivity contribution in [3.8, 4) is 17.2 Å². The van der Waals surface area contributed by atoms with Gasteiger partial charge in [0.1, 0.15) is 11.6 Å². The molecule has 3 rings (SSSR count). The molecule has 0 aliphatic heterocycles. The average Bonchev–Trinajstić information content (AvgIpc) is 2.74. The molecule has 0 atom stereocenters. The Hall–Kier alpha value is -3.73. The summed E-state index contributed by atoms with van der Waals surface area (Å²) >= 11 is 0. The van der Waals surface area contributed by atoms with Gasteiger partial charge < -0.3 is 13.7 Å². The number of methoxy groups -OCH3 is 1. The molecule has 9 nitrogen and oxygen atoms in total. The normalized spacial score (nSPS) is 11.1. The molecule has 0 aliphatic rings. The van der Waals surface area contributed by atoms with Crippen LogP contribution in [0.25, 0.3) is 5.69 Å². The molecular weight excluding hydrogens is 443 g/mol. The second-order valence-corrected chi connectivity index (χ2v) is 7.96. The van der Waals surface area contributed by atoms with Crippen LogP contribution in [0, 0.1) is 12.7 Å². The Morgan fingerprint density at radius 2 is 1.84 bits per heavy atom. The van der Waals surface area contributed by atoms with E-state index in [9.17, 15) is 22.4 Å². The standard InChI is InChI=1S/C21H19FN2O7S/c1-4-30-21(26)20-17(12-19(25)24(23-20)15-8-6-5-7-13(15)2)31-32(27,28)18-11-14(22)9-10-16(18)29-3/h5-12H,4H2,1-3H3. The summed E-state index contributed by atoms with van der Waals surface area (Å²) in [5.41, 5.74) is -0.246. The highest BCUT2D eigenvalue weighted by atomic mass is 32.2. The summed E-state index contributed by atoms with van der Waals surface area (Å²) in [7, 11) is -3.52. The van der Waals surface area contributed by atoms with E-state index in [1.807, 2.05) is 0 Å². The van der Waals surface area contributed by atoms with Gasteiger partial charge in [-0.3, -0.25) is 4.79 Å². The number of benzene rings is 2. The number of carbonyl (C=O) groups is 1. The first kappa shape index (κ1) is 22.9. The zero-order valence-corrected chi connectivity index (χ0v) is 18.2. The maximum Gasteiger partial charge on any atom is 0.362 e. The minimum Gasteiger partial charge on any atom is -0.495 e. The topological polar surface area (TPSA) is 114 Å². The van der Waals surface area contributed by atoms with Crippen molar-refractivity contribution in [2.75, 3.05) is 13.7 Å². The maximum absolute atomic E-state index is 13.7. The van der Waals surface area contributed by atoms with Crippen LogP contribution in [0.4, 0.5) is 4.39 Å². The molecule has 0 aliphatic carbocycles. The van der Waals surface area contributed by atoms with Crippen molar-refractivity contribution in [1.82, 2.24) is 9.78 Å². The molecule has 0 amide bonds. The number of aromatic nitrogens is 2. The minimum atomic E-state index is -4.71. The summed E-state index contributed by atoms with van der Waals surface area (Å²) in [6.45, 7) is 3.25. The van der Waals surface area contributed by atoms with Gasteiger partial charge in [-0.1, -0.05) is 18.2 Å². The Morgan fingerprint density at radius 1 is 1.12 bits per heavy atom. The third-order valence-corrected chi connectivity index (χ3v) is 5.56. The Morgan fingerprint density at radius 3 is 2.50 bits per heavy atom. The lowest BCUT2D eigenvalue weighted by atomic mass is 10.2. The lowest BCUT2D eigenvalue weighted by molar-refractivity contribution is 0.0515. The molecule has 0 spiro atoms. The first-order valence-electron chi connectivity index (χ1n) is 9.33. The van der Waals surface area contributed by atoms with Crippen molar-refractivity contribution >= 4 is 16.1 Å². The molecule has 0 radical (unpaired) electrons. The quantitative estimate of drug-likeness (QED) is 0.389. The van der Waals surface area contributed by atoms with Gasteiger partial charge in [0.15, 0.2) is 10.6 Å². The van der Waals surface area contributed by atoms with Gasteiger partial charge >= 0.3 is 16.1 Å². The van der Waals surface area contributed by atoms with E-state index in [-0.39, 0.29) is 12.4 Å². The zero-order chi connectivity index (χ0) is 23.5. The third kappa shape index (κ3) is 4.62. The maximum atomic E-state index is 13.7. The number of hydrogen-bond acceptors (Lipinski definition) is 8. The SMILES string of the molecule is CCOC(=O)c1nn(-c2ccccc2C)c(=O)cc1OS(=O)(=O)c1cc(F)ccc1OC. The summed E-state index contributed by atoms with van der Waals surface area (Å²) in [6, 6.07) is 10.4. The molecule has 0 N–H and O–H groups in total. The first-order chi connectivity index (χ1) is 15.2. The summed E-state index contributed by atoms with van der Waals surface area (Å²) in [6.07, 6.45) is 0. The average molecular weight is 462 g/mol. The number of nitrogens with zero attached hydrogens (tertiary/aromatic N) is 2. The van der Waals surface area contributed by atoms with Gasteiger partial charge in [0.2, 0.25) is 5.69 Å². The van der Waals surface area contributed by atoms with Crippen molar-refractivity contribution in [3.63, 3.8) is 0 Å². The van der Waals surface area contributed by atoms with Crippen LogP contribution in [0.5, 0.6) is 11.5 Å². The Bertz CT molecular complexity index is 1340. The summed E-state index contributed by atoms with van der Waals surface area (Å²) in [5.74, 6) is -2.71. The second kappa shape index (κ2) is 9.18. The van der Waals surface area contributed by atoms with Crippen molar-refractivity contribution in [2.24, 2.45) is 0 Å². The molecule has 0 fully saturated rings. The van der Waals surface area contributed by atoms with Gasteiger partial charge in [0, 0.05) is 0 Å². The van der Waals surface area contributed by atoms with Gasteiger partial charge in [-0.25, -0.2) is 9.18 Å². The fourth-order valence-electron chi connectivity index (χ4n) is 2.83. The van der Waals surface area contributed by atoms with E-state index >= 15 is 0 Å². The fraction of sp³-hybridized carbons (Fsp3) is 0.190. The molecule has 0 unspecified atom stereocenters. The Kier molecular flexibility index (Phi) is 6.58. The highest BCUT2D eigenvalue weighted by molar-refractivity contribution is 7.87. The molecule has 2 aromatic carbocycles. The summed E-state index contributed by atoms with van der Waals surface area (Å²) in [5, 5.41) is 3.99. The minimum absolute atomic E-state index is 0.0338. The number of esters is 1. The number of halogens is 1. The van der Waals surface area contributed by atoms with E-state index in [1.54, 1.807) is 38.1 Å². The molecule has 1 heterocycles. The molecule has 0 saturated heterocycles. The second-order valence-electron chi connectivity index (χ2n) is 6.45. The van der Waals surface area contributed by atoms with E-state index in [0.29, 0.717) is 17.3 Å². The van der Waals surface area contributed by atoms with Crippen LogP contribution in [-0.4, -0.2) is 37.9 Å². The predicted molar refractivity (Wildman–Crippen MR) is 111 cm³/mol. The van der Waals surface area contributed by atoms with E-state index in [2.05, 4.69) is 5.10 Å². The molecule has 32 heavy (non-hydrogen) atoms. The van der Waals surface area contributed by atoms with E-state index < -0.39 is 43.8 Å². The van der Waals surface area contributed by atoms with Crippen LogP contribution in [0.1, 0.15) is 23.0 Å². The zero-order valence-electron chi connectivity index (χ0n) is 17.4. The lowest BCUT2D eigenvalue weighted by Gasteiger charge is -2.14. The Balaban J connectivity index is 2.17. The van der Waals surface area contributed by atoms with E-state index in [0.717, 1.165) is 22.9 Å². The fourth-order valence-corrected chi connectivity index (χ4v) is 3.94. The van der Waals surface area contributed by atoms with Crippen molar-refractivity contribution in [2.45, 2.75) is 18.7 Å². The predicted octanol–water partition coefficient (Wildman–Crippen LogP) is 2.63. The van der Waals surface area contributed by atoms with Gasteiger partial charge in [0.05, 0.1) is 25.5 Å². The third-order valence-electron chi connectivity index (χ3n) is 4.30. The van der Waals surface area contributed by atoms with Crippen LogP contribution in [0.3, 0.4) is 0 Å². The Labute approximate surface area is 183 Å². The smallest absolute Gasteiger partial charge is 0.362 e. The van der Waals surface area contributed by atoms with Gasteiger partial charge in [-0.05, 0) is 43.7 Å². The number of para-hydroxylation sites is 1. The van der Waals surface area contributed by atoms with Gasteiger partial charge in [-0.15, -0.1) is 0 Å². The van der Waals surface area contributed by atoms with Gasteiger partial charge in [0.25, 0.3) is 5.56 Å². The van der Waals surface area contributed by atoms with Crippen LogP contribution in [0.15, 0.2) is 58.2 Å². The van der Waals surface area contributed by atoms with Crippen molar-refractivity contribution < 1.29 is 31.3 Å². The van der Waals surface area contributed by atoms with Crippen molar-refractivity contribution in [1.29, 1.82) is 0 Å². The highest BCUT2D eigenvalue weighted by Crippen LogP contribution is 2.28. The number of rotatable bonds is 7. The number of hydrogen-bond donors (Lipinski definition) is 0. The number of carbonyl (C=O) groups excluding carboxylic acids is 1. The van der Waals surface area contributed by atoms with Crippen LogP contribution in [-0.2, 0) is 14.9 Å². The van der Waals surface area contributed by atoms with Gasteiger partial charge in [-0.2, -0.15) is 18.2 Å². The molecule has 1 aromatic heterocycles. The van der Waals surface area contributed by atoms with E-state index in [1.165, 1.54) is 7.11 Å². The van der Waals surface area contributed by atoms with Crippen LogP contribution in [0.2, 0.25) is 0 Å². The number of ether oxygens (including phenoxy) is 2. The van der Waals surface area contributed by atoms with Crippen LogP contribution < -0.4 is 14.5 Å². The summed E-state index contributed by atoms with van der Waals surface area (Å²) < 4.78 is 55.2. The molecule has 3 aromatic rings. The van der Waals surface area contributed by atoms with Crippen molar-refractivity contribution in [3.05, 3.63) is 76.0 Å². The highest BCUT2D eigenvalue weighted by Gasteiger charge is 2.28. The molecule has 0 saturated carbocycles. The number of aryl methyl sites for hydroxylation is 1. The lowest BCUT2D eigenvalue weighted by Crippen LogP contribution is -2.26. The van der Waals surface area contributed by atoms with Crippen LogP contribution >= 0.6 is 0 Å². The molecular formula is C21H19FN2O7S. The monoisotopic (exact) mass is 462 g/mol. The summed E-state index contributed by atoms with van der Waals surface area (Å²) in [4.78, 5) is 24.6. The molecule has 0 bridgehead atoms. The largest absolute Gasteiger partial charge is 0.495 e. The molecule has 11 heteroatoms. The van der Waals surface area contributed by atoms with E-state index in [4.69, 9.17) is 13.7 Å². The first-order valence-corrected chi connectivity index (χ1v) is 10.7. The molecule has 168 valence electrons.